The minimum atomic E-state index is 0.0169. The Kier molecular flexibility index (Phi) is 8.10. The van der Waals surface area contributed by atoms with Crippen molar-refractivity contribution in [2.24, 2.45) is 5.92 Å². The number of carbonyl (C=O) groups is 1. The van der Waals surface area contributed by atoms with E-state index in [-0.39, 0.29) is 11.3 Å². The van der Waals surface area contributed by atoms with Crippen LogP contribution < -0.4 is 10.2 Å². The van der Waals surface area contributed by atoms with Crippen LogP contribution in [0.5, 0.6) is 0 Å². The summed E-state index contributed by atoms with van der Waals surface area (Å²) in [4.78, 5) is 14.9. The largest absolute Gasteiger partial charge is 0.377 e. The second-order valence-corrected chi connectivity index (χ2v) is 7.92. The van der Waals surface area contributed by atoms with Gasteiger partial charge >= 0.3 is 0 Å². The van der Waals surface area contributed by atoms with Crippen LogP contribution in [0.15, 0.2) is 54.6 Å². The minimum absolute atomic E-state index is 0.0169. The molecule has 0 saturated heterocycles. The molecule has 0 bridgehead atoms. The molecule has 1 saturated carbocycles. The van der Waals surface area contributed by atoms with E-state index in [9.17, 15) is 4.79 Å². The Labute approximate surface area is 171 Å². The quantitative estimate of drug-likeness (QED) is 0.726. The van der Waals surface area contributed by atoms with Crippen LogP contribution in [0.3, 0.4) is 0 Å². The van der Waals surface area contributed by atoms with E-state index >= 15 is 0 Å². The zero-order valence-electron chi connectivity index (χ0n) is 18.2. The van der Waals surface area contributed by atoms with Crippen LogP contribution in [-0.2, 0) is 5.41 Å². The molecule has 1 N–H and O–H groups in total. The molecule has 152 valence electrons. The number of amides is 1. The van der Waals surface area contributed by atoms with E-state index in [1.54, 1.807) is 0 Å². The molecule has 1 aliphatic carbocycles. The summed E-state index contributed by atoms with van der Waals surface area (Å²) >= 11 is 0. The van der Waals surface area contributed by atoms with E-state index in [0.717, 1.165) is 30.0 Å². The zero-order chi connectivity index (χ0) is 20.6. The molecule has 0 heterocycles. The summed E-state index contributed by atoms with van der Waals surface area (Å²) < 4.78 is 0. The fourth-order valence-corrected chi connectivity index (χ4v) is 4.07. The average Bonchev–Trinajstić information content (AvgIpc) is 2.75. The lowest BCUT2D eigenvalue weighted by molar-refractivity contribution is 0.0934. The highest BCUT2D eigenvalue weighted by Gasteiger charge is 2.36. The SMILES string of the molecule is CC.CC1CCC(CNC(=O)c2ccccc2N(C)C)(c2ccccc2)CC1. The molecule has 3 heteroatoms. The highest BCUT2D eigenvalue weighted by atomic mass is 16.1. The number of para-hydroxylation sites is 1. The van der Waals surface area contributed by atoms with Gasteiger partial charge in [-0.25, -0.2) is 0 Å². The normalized spacial score (nSPS) is 21.2. The van der Waals surface area contributed by atoms with Gasteiger partial charge in [0, 0.05) is 31.7 Å². The first kappa shape index (κ1) is 22.0. The molecular formula is C25H36N2O. The predicted molar refractivity (Wildman–Crippen MR) is 120 cm³/mol. The lowest BCUT2D eigenvalue weighted by Gasteiger charge is -2.40. The van der Waals surface area contributed by atoms with E-state index in [1.165, 1.54) is 18.4 Å². The van der Waals surface area contributed by atoms with Crippen LogP contribution >= 0.6 is 0 Å². The van der Waals surface area contributed by atoms with Crippen molar-refractivity contribution in [3.63, 3.8) is 0 Å². The molecule has 2 aromatic carbocycles. The van der Waals surface area contributed by atoms with Crippen LogP contribution in [0.2, 0.25) is 0 Å². The van der Waals surface area contributed by atoms with Crippen molar-refractivity contribution < 1.29 is 4.79 Å². The van der Waals surface area contributed by atoms with Gasteiger partial charge in [-0.3, -0.25) is 4.79 Å². The van der Waals surface area contributed by atoms with E-state index < -0.39 is 0 Å². The molecule has 1 fully saturated rings. The third-order valence-electron chi connectivity index (χ3n) is 5.84. The standard InChI is InChI=1S/C23H30N2O.C2H6/c1-18-13-15-23(16-14-18,19-9-5-4-6-10-19)17-24-22(26)20-11-7-8-12-21(20)25(2)3;1-2/h4-12,18H,13-17H2,1-3H3,(H,24,26);1-2H3. The Morgan fingerprint density at radius 1 is 1.00 bits per heavy atom. The molecule has 1 aliphatic rings. The van der Waals surface area contributed by atoms with Gasteiger partial charge in [0.05, 0.1) is 5.56 Å². The molecule has 2 aromatic rings. The first-order valence-electron chi connectivity index (χ1n) is 10.6. The second kappa shape index (κ2) is 10.3. The number of nitrogens with zero attached hydrogens (tertiary/aromatic N) is 1. The Bertz CT molecular complexity index is 731. The zero-order valence-corrected chi connectivity index (χ0v) is 18.2. The van der Waals surface area contributed by atoms with Crippen LogP contribution in [0.4, 0.5) is 5.69 Å². The molecule has 0 aromatic heterocycles. The second-order valence-electron chi connectivity index (χ2n) is 7.92. The number of hydrogen-bond acceptors (Lipinski definition) is 2. The molecule has 3 rings (SSSR count). The predicted octanol–water partition coefficient (Wildman–Crippen LogP) is 5.66. The lowest BCUT2D eigenvalue weighted by Crippen LogP contribution is -2.43. The maximum absolute atomic E-state index is 12.9. The van der Waals surface area contributed by atoms with Gasteiger partial charge < -0.3 is 10.2 Å². The van der Waals surface area contributed by atoms with Gasteiger partial charge in [0.2, 0.25) is 0 Å². The summed E-state index contributed by atoms with van der Waals surface area (Å²) in [6, 6.07) is 18.5. The highest BCUT2D eigenvalue weighted by Crippen LogP contribution is 2.41. The van der Waals surface area contributed by atoms with Crippen molar-refractivity contribution in [1.29, 1.82) is 0 Å². The molecule has 0 aliphatic heterocycles. The number of benzene rings is 2. The van der Waals surface area contributed by atoms with Gasteiger partial charge in [0.1, 0.15) is 0 Å². The van der Waals surface area contributed by atoms with Crippen molar-refractivity contribution in [3.05, 3.63) is 65.7 Å². The first-order valence-corrected chi connectivity index (χ1v) is 10.6. The van der Waals surface area contributed by atoms with Gasteiger partial charge in [-0.15, -0.1) is 0 Å². The summed E-state index contributed by atoms with van der Waals surface area (Å²) in [6.45, 7) is 7.03. The number of carbonyl (C=O) groups excluding carboxylic acids is 1. The summed E-state index contributed by atoms with van der Waals surface area (Å²) in [5, 5.41) is 3.25. The van der Waals surface area contributed by atoms with Crippen molar-refractivity contribution in [1.82, 2.24) is 5.32 Å². The number of rotatable bonds is 5. The Morgan fingerprint density at radius 3 is 2.18 bits per heavy atom. The molecular weight excluding hydrogens is 344 g/mol. The molecule has 0 atom stereocenters. The summed E-state index contributed by atoms with van der Waals surface area (Å²) in [6.07, 6.45) is 4.71. The van der Waals surface area contributed by atoms with Crippen molar-refractivity contribution in [2.75, 3.05) is 25.5 Å². The molecule has 3 nitrogen and oxygen atoms in total. The van der Waals surface area contributed by atoms with Crippen molar-refractivity contribution in [3.8, 4) is 0 Å². The topological polar surface area (TPSA) is 32.3 Å². The molecule has 28 heavy (non-hydrogen) atoms. The van der Waals surface area contributed by atoms with Crippen molar-refractivity contribution >= 4 is 11.6 Å². The van der Waals surface area contributed by atoms with Gasteiger partial charge in [-0.05, 0) is 49.3 Å². The summed E-state index contributed by atoms with van der Waals surface area (Å²) in [5.41, 5.74) is 3.10. The molecule has 0 radical (unpaired) electrons. The van der Waals surface area contributed by atoms with Gasteiger partial charge in [0.25, 0.3) is 5.91 Å². The summed E-state index contributed by atoms with van der Waals surface area (Å²) in [7, 11) is 3.94. The average molecular weight is 381 g/mol. The third-order valence-corrected chi connectivity index (χ3v) is 5.84. The van der Waals surface area contributed by atoms with Crippen LogP contribution in [-0.4, -0.2) is 26.5 Å². The number of nitrogens with one attached hydrogen (secondary N) is 1. The fraction of sp³-hybridized carbons (Fsp3) is 0.480. The van der Waals surface area contributed by atoms with E-state index in [4.69, 9.17) is 0 Å². The molecule has 0 spiro atoms. The fourth-order valence-electron chi connectivity index (χ4n) is 4.07. The monoisotopic (exact) mass is 380 g/mol. The van der Waals surface area contributed by atoms with Gasteiger partial charge in [-0.1, -0.05) is 63.2 Å². The van der Waals surface area contributed by atoms with Crippen LogP contribution in [0, 0.1) is 5.92 Å². The van der Waals surface area contributed by atoms with Crippen LogP contribution in [0.1, 0.15) is 62.4 Å². The lowest BCUT2D eigenvalue weighted by atomic mass is 9.67. The van der Waals surface area contributed by atoms with E-state index in [1.807, 2.05) is 57.1 Å². The minimum Gasteiger partial charge on any atom is -0.377 e. The highest BCUT2D eigenvalue weighted by molar-refractivity contribution is 5.99. The molecule has 1 amide bonds. The smallest absolute Gasteiger partial charge is 0.253 e. The summed E-state index contributed by atoms with van der Waals surface area (Å²) in [5.74, 6) is 0.792. The molecule has 0 unspecified atom stereocenters. The maximum atomic E-state index is 12.9. The number of anilines is 1. The van der Waals surface area contributed by atoms with Crippen molar-refractivity contribution in [2.45, 2.75) is 51.9 Å². The van der Waals surface area contributed by atoms with E-state index in [2.05, 4.69) is 42.6 Å². The number of hydrogen-bond donors (Lipinski definition) is 1. The van der Waals surface area contributed by atoms with E-state index in [0.29, 0.717) is 6.54 Å². The van der Waals surface area contributed by atoms with Gasteiger partial charge in [-0.2, -0.15) is 0 Å². The Balaban J connectivity index is 0.00000136. The maximum Gasteiger partial charge on any atom is 0.253 e. The first-order chi connectivity index (χ1) is 13.5. The third kappa shape index (κ3) is 5.15. The Hall–Kier alpha value is -2.29. The van der Waals surface area contributed by atoms with Gasteiger partial charge in [0.15, 0.2) is 0 Å². The Morgan fingerprint density at radius 2 is 1.57 bits per heavy atom. The van der Waals surface area contributed by atoms with Crippen LogP contribution in [0.25, 0.3) is 0 Å².